The lowest BCUT2D eigenvalue weighted by Gasteiger charge is -2.19. The first kappa shape index (κ1) is 30.2. The number of hydrogen-bond donors (Lipinski definition) is 3. The Balaban J connectivity index is 1.21. The highest BCUT2D eigenvalue weighted by Gasteiger charge is 2.29. The molecule has 44 heavy (non-hydrogen) atoms. The van der Waals surface area contributed by atoms with Crippen molar-refractivity contribution < 1.29 is 32.8 Å². The molecule has 12 nitrogen and oxygen atoms in total. The van der Waals surface area contributed by atoms with Crippen LogP contribution in [0.2, 0.25) is 0 Å². The van der Waals surface area contributed by atoms with Gasteiger partial charge < -0.3 is 20.1 Å². The maximum Gasteiger partial charge on any atom is 0.407 e. The number of fused-ring (bicyclic) bond motifs is 3. The number of aliphatic hydroxyl groups is 1. The van der Waals surface area contributed by atoms with Gasteiger partial charge in [0.2, 0.25) is 6.41 Å². The Morgan fingerprint density at radius 1 is 0.977 bits per heavy atom. The smallest absolute Gasteiger partial charge is 0.407 e. The number of alkyl carbamates (subject to hydrolysis) is 1. The van der Waals surface area contributed by atoms with Gasteiger partial charge in [-0.2, -0.15) is 0 Å². The SMILES string of the molecule is O=CN(CCNC(=O)OCC1c2ccccc2-c2ccccc21)c1ccc(S(=O)(=O)Nc2ccc(CO)cc2)c([N+](=O)[O-])c1. The van der Waals surface area contributed by atoms with Crippen LogP contribution in [0.25, 0.3) is 11.1 Å². The number of carbonyl (C=O) groups excluding carboxylic acids is 2. The first-order valence-corrected chi connectivity index (χ1v) is 15.0. The van der Waals surface area contributed by atoms with Crippen molar-refractivity contribution in [1.29, 1.82) is 0 Å². The van der Waals surface area contributed by atoms with Gasteiger partial charge in [-0.1, -0.05) is 60.7 Å². The van der Waals surface area contributed by atoms with E-state index in [9.17, 15) is 28.1 Å². The molecule has 2 amide bonds. The Kier molecular flexibility index (Phi) is 8.88. The summed E-state index contributed by atoms with van der Waals surface area (Å²) in [5, 5.41) is 23.6. The Morgan fingerprint density at radius 3 is 2.20 bits per heavy atom. The van der Waals surface area contributed by atoms with Crippen LogP contribution in [0.1, 0.15) is 22.6 Å². The van der Waals surface area contributed by atoms with Crippen molar-refractivity contribution in [3.8, 4) is 11.1 Å². The molecule has 0 bridgehead atoms. The molecular weight excluding hydrogens is 588 g/mol. The zero-order chi connectivity index (χ0) is 31.3. The van der Waals surface area contributed by atoms with Crippen molar-refractivity contribution in [1.82, 2.24) is 5.32 Å². The number of hydrogen-bond acceptors (Lipinski definition) is 8. The fraction of sp³-hybridized carbons (Fsp3) is 0.161. The third-order valence-corrected chi connectivity index (χ3v) is 8.67. The lowest BCUT2D eigenvalue weighted by molar-refractivity contribution is -0.387. The highest BCUT2D eigenvalue weighted by Crippen LogP contribution is 2.44. The van der Waals surface area contributed by atoms with Crippen LogP contribution in [0.3, 0.4) is 0 Å². The second-order valence-corrected chi connectivity index (χ2v) is 11.6. The average molecular weight is 617 g/mol. The third kappa shape index (κ3) is 6.38. The Bertz CT molecular complexity index is 1770. The Hall–Kier alpha value is -5.27. The number of nitrogens with one attached hydrogen (secondary N) is 2. The fourth-order valence-corrected chi connectivity index (χ4v) is 6.33. The number of benzene rings is 4. The van der Waals surface area contributed by atoms with Crippen LogP contribution >= 0.6 is 0 Å². The van der Waals surface area contributed by atoms with Gasteiger partial charge in [-0.15, -0.1) is 0 Å². The number of nitro benzene ring substituents is 1. The molecule has 13 heteroatoms. The number of nitrogens with zero attached hydrogens (tertiary/aromatic N) is 2. The predicted octanol–water partition coefficient (Wildman–Crippen LogP) is 4.39. The molecule has 0 unspecified atom stereocenters. The molecule has 0 aromatic heterocycles. The number of rotatable bonds is 12. The second-order valence-electron chi connectivity index (χ2n) is 9.92. The molecule has 0 saturated carbocycles. The molecule has 1 aliphatic carbocycles. The van der Waals surface area contributed by atoms with Gasteiger partial charge in [0, 0.05) is 30.8 Å². The predicted molar refractivity (Wildman–Crippen MR) is 163 cm³/mol. The minimum atomic E-state index is -4.37. The Labute approximate surface area is 253 Å². The van der Waals surface area contributed by atoms with Gasteiger partial charge in [-0.05, 0) is 52.1 Å². The van der Waals surface area contributed by atoms with Crippen LogP contribution in [0.5, 0.6) is 0 Å². The van der Waals surface area contributed by atoms with Crippen LogP contribution in [0.15, 0.2) is 95.9 Å². The average Bonchev–Trinajstić information content (AvgIpc) is 3.35. The minimum absolute atomic E-state index is 0.0331. The van der Waals surface area contributed by atoms with Crippen molar-refractivity contribution in [2.75, 3.05) is 29.3 Å². The second kappa shape index (κ2) is 12.9. The van der Waals surface area contributed by atoms with Crippen molar-refractivity contribution in [3.63, 3.8) is 0 Å². The molecule has 0 spiro atoms. The molecule has 3 N–H and O–H groups in total. The summed E-state index contributed by atoms with van der Waals surface area (Å²) in [6.07, 6.45) is -0.267. The van der Waals surface area contributed by atoms with Crippen LogP contribution in [-0.4, -0.2) is 50.6 Å². The molecule has 0 fully saturated rings. The largest absolute Gasteiger partial charge is 0.449 e. The first-order chi connectivity index (χ1) is 21.2. The molecular formula is C31H28N4O8S. The fourth-order valence-electron chi connectivity index (χ4n) is 5.11. The molecule has 4 aromatic rings. The van der Waals surface area contributed by atoms with E-state index in [2.05, 4.69) is 10.0 Å². The maximum absolute atomic E-state index is 13.0. The summed E-state index contributed by atoms with van der Waals surface area (Å²) in [7, 11) is -4.37. The summed E-state index contributed by atoms with van der Waals surface area (Å²) < 4.78 is 33.7. The molecule has 226 valence electrons. The van der Waals surface area contributed by atoms with Crippen molar-refractivity contribution in [2.24, 2.45) is 0 Å². The standard InChI is InChI=1S/C31H28N4O8S/c36-18-21-9-11-22(12-10-21)33-44(41,42)30-14-13-23(17-29(30)35(39)40)34(20-37)16-15-32-31(38)43-19-28-26-7-3-1-5-24(26)25-6-2-4-8-27(25)28/h1-14,17,20,28,33,36H,15-16,18-19H2,(H,32,38). The molecule has 0 atom stereocenters. The van der Waals surface area contributed by atoms with Crippen molar-refractivity contribution >= 4 is 39.6 Å². The normalized spacial score (nSPS) is 12.1. The van der Waals surface area contributed by atoms with E-state index in [4.69, 9.17) is 9.84 Å². The van der Waals surface area contributed by atoms with Crippen molar-refractivity contribution in [2.45, 2.75) is 17.4 Å². The number of carbonyl (C=O) groups is 2. The molecule has 1 aliphatic rings. The van der Waals surface area contributed by atoms with E-state index in [-0.39, 0.29) is 43.6 Å². The van der Waals surface area contributed by atoms with Crippen LogP contribution in [0, 0.1) is 10.1 Å². The quantitative estimate of drug-likeness (QED) is 0.120. The van der Waals surface area contributed by atoms with Gasteiger partial charge in [0.1, 0.15) is 6.61 Å². The number of anilines is 2. The molecule has 0 aliphatic heterocycles. The van der Waals surface area contributed by atoms with E-state index in [1.165, 1.54) is 30.3 Å². The van der Waals surface area contributed by atoms with Gasteiger partial charge in [0.25, 0.3) is 15.7 Å². The number of sulfonamides is 1. The summed E-state index contributed by atoms with van der Waals surface area (Å²) >= 11 is 0. The van der Waals surface area contributed by atoms with E-state index >= 15 is 0 Å². The zero-order valence-electron chi connectivity index (χ0n) is 23.3. The maximum atomic E-state index is 13.0. The summed E-state index contributed by atoms with van der Waals surface area (Å²) in [5.41, 5.74) is 4.36. The Morgan fingerprint density at radius 2 is 1.61 bits per heavy atom. The topological polar surface area (TPSA) is 168 Å². The van der Waals surface area contributed by atoms with E-state index in [0.29, 0.717) is 12.0 Å². The first-order valence-electron chi connectivity index (χ1n) is 13.5. The molecule has 0 saturated heterocycles. The van der Waals surface area contributed by atoms with Gasteiger partial charge in [0.15, 0.2) is 4.90 Å². The molecule has 5 rings (SSSR count). The van der Waals surface area contributed by atoms with E-state index in [1.54, 1.807) is 0 Å². The van der Waals surface area contributed by atoms with Crippen molar-refractivity contribution in [3.05, 3.63) is 118 Å². The number of ether oxygens (including phenoxy) is 1. The molecule has 4 aromatic carbocycles. The summed E-state index contributed by atoms with van der Waals surface area (Å²) in [4.78, 5) is 35.8. The molecule has 0 radical (unpaired) electrons. The highest BCUT2D eigenvalue weighted by molar-refractivity contribution is 7.92. The summed E-state index contributed by atoms with van der Waals surface area (Å²) in [6.45, 7) is -0.214. The highest BCUT2D eigenvalue weighted by atomic mass is 32.2. The minimum Gasteiger partial charge on any atom is -0.449 e. The van der Waals surface area contributed by atoms with Gasteiger partial charge in [0.05, 0.1) is 17.2 Å². The van der Waals surface area contributed by atoms with Gasteiger partial charge in [-0.3, -0.25) is 19.6 Å². The molecule has 0 heterocycles. The zero-order valence-corrected chi connectivity index (χ0v) is 24.1. The monoisotopic (exact) mass is 616 g/mol. The van der Waals surface area contributed by atoms with Crippen LogP contribution in [0.4, 0.5) is 21.9 Å². The van der Waals surface area contributed by atoms with Gasteiger partial charge >= 0.3 is 6.09 Å². The summed E-state index contributed by atoms with van der Waals surface area (Å²) in [5.74, 6) is -0.121. The van der Waals surface area contributed by atoms with Crippen LogP contribution in [-0.2, 0) is 26.2 Å². The summed E-state index contributed by atoms with van der Waals surface area (Å²) in [6, 6.07) is 25.0. The lowest BCUT2D eigenvalue weighted by Crippen LogP contribution is -2.35. The van der Waals surface area contributed by atoms with Crippen LogP contribution < -0.4 is 14.9 Å². The lowest BCUT2D eigenvalue weighted by atomic mass is 9.98. The number of nitro groups is 1. The van der Waals surface area contributed by atoms with Gasteiger partial charge in [-0.25, -0.2) is 13.2 Å². The van der Waals surface area contributed by atoms with E-state index < -0.39 is 31.6 Å². The third-order valence-electron chi connectivity index (χ3n) is 7.24. The van der Waals surface area contributed by atoms with E-state index in [0.717, 1.165) is 39.3 Å². The van der Waals surface area contributed by atoms with E-state index in [1.807, 2.05) is 48.5 Å². The number of amides is 2. The number of aliphatic hydroxyl groups excluding tert-OH is 1.